The van der Waals surface area contributed by atoms with Crippen molar-refractivity contribution in [2.75, 3.05) is 11.1 Å². The number of carbonyl (C=O) groups is 1. The predicted octanol–water partition coefficient (Wildman–Crippen LogP) is 3.36. The zero-order valence-corrected chi connectivity index (χ0v) is 14.1. The molecule has 0 saturated carbocycles. The van der Waals surface area contributed by atoms with Crippen LogP contribution in [0.2, 0.25) is 5.02 Å². The number of amides is 1. The van der Waals surface area contributed by atoms with Crippen LogP contribution in [0.5, 0.6) is 0 Å². The van der Waals surface area contributed by atoms with Gasteiger partial charge in [-0.25, -0.2) is 13.4 Å². The van der Waals surface area contributed by atoms with Crippen LogP contribution in [0.3, 0.4) is 0 Å². The summed E-state index contributed by atoms with van der Waals surface area (Å²) in [5, 5.41) is 3.44. The van der Waals surface area contributed by atoms with Gasteiger partial charge in [0.25, 0.3) is 0 Å². The van der Waals surface area contributed by atoms with Crippen molar-refractivity contribution in [2.45, 2.75) is 4.90 Å². The third kappa shape index (κ3) is 3.69. The van der Waals surface area contributed by atoms with Gasteiger partial charge in [-0.05, 0) is 30.3 Å². The van der Waals surface area contributed by atoms with Gasteiger partial charge in [-0.2, -0.15) is 0 Å². The van der Waals surface area contributed by atoms with E-state index in [1.54, 1.807) is 36.4 Å². The van der Waals surface area contributed by atoms with Crippen LogP contribution >= 0.6 is 22.9 Å². The van der Waals surface area contributed by atoms with E-state index in [1.165, 1.54) is 23.5 Å². The Kier molecular flexibility index (Phi) is 4.34. The number of benzene rings is 2. The minimum absolute atomic E-state index is 0.117. The second-order valence-corrected chi connectivity index (χ2v) is 8.21. The van der Waals surface area contributed by atoms with E-state index in [1.807, 2.05) is 0 Å². The molecule has 8 heteroatoms. The second kappa shape index (κ2) is 6.27. The molecule has 1 amide bonds. The molecule has 23 heavy (non-hydrogen) atoms. The van der Waals surface area contributed by atoms with E-state index in [2.05, 4.69) is 10.3 Å². The average molecular weight is 367 g/mol. The Morgan fingerprint density at radius 1 is 1.17 bits per heavy atom. The number of rotatable bonds is 4. The lowest BCUT2D eigenvalue weighted by Crippen LogP contribution is -2.22. The summed E-state index contributed by atoms with van der Waals surface area (Å²) in [7, 11) is -3.67. The molecule has 1 N–H and O–H groups in total. The Hall–Kier alpha value is -1.96. The van der Waals surface area contributed by atoms with E-state index >= 15 is 0 Å². The Morgan fingerprint density at radius 2 is 1.91 bits per heavy atom. The molecule has 2 aromatic carbocycles. The van der Waals surface area contributed by atoms with Crippen molar-refractivity contribution >= 4 is 54.0 Å². The minimum atomic E-state index is -3.67. The Labute approximate surface area is 141 Å². The number of aromatic nitrogens is 1. The summed E-state index contributed by atoms with van der Waals surface area (Å²) in [6, 6.07) is 13.0. The first-order chi connectivity index (χ1) is 10.9. The highest BCUT2D eigenvalue weighted by Crippen LogP contribution is 2.28. The van der Waals surface area contributed by atoms with Crippen molar-refractivity contribution < 1.29 is 13.2 Å². The van der Waals surface area contributed by atoms with Gasteiger partial charge >= 0.3 is 0 Å². The molecule has 0 aliphatic carbocycles. The van der Waals surface area contributed by atoms with Crippen LogP contribution in [0.1, 0.15) is 0 Å². The molecule has 1 heterocycles. The van der Waals surface area contributed by atoms with Crippen LogP contribution in [-0.4, -0.2) is 25.1 Å². The lowest BCUT2D eigenvalue weighted by molar-refractivity contribution is -0.113. The first kappa shape index (κ1) is 15.9. The molecule has 5 nitrogen and oxygen atoms in total. The van der Waals surface area contributed by atoms with Gasteiger partial charge in [-0.15, -0.1) is 0 Å². The number of halogens is 1. The molecule has 0 spiro atoms. The van der Waals surface area contributed by atoms with Gasteiger partial charge in [-0.3, -0.25) is 4.79 Å². The number of hydrogen-bond acceptors (Lipinski definition) is 5. The van der Waals surface area contributed by atoms with Crippen LogP contribution in [0, 0.1) is 0 Å². The molecular formula is C15H11ClN2O3S2. The lowest BCUT2D eigenvalue weighted by Gasteiger charge is -2.04. The first-order valence-corrected chi connectivity index (χ1v) is 9.42. The standard InChI is InChI=1S/C15H11ClN2O3S2/c16-10-6-7-12-13(8-10)22-15(17-12)18-14(19)9-23(20,21)11-4-2-1-3-5-11/h1-8H,9H2,(H,17,18,19). The van der Waals surface area contributed by atoms with Crippen molar-refractivity contribution in [2.24, 2.45) is 0 Å². The molecule has 0 aliphatic heterocycles. The maximum Gasteiger partial charge on any atom is 0.241 e. The maximum atomic E-state index is 12.2. The fraction of sp³-hybridized carbons (Fsp3) is 0.0667. The molecule has 3 aromatic rings. The van der Waals surface area contributed by atoms with Crippen LogP contribution in [0.25, 0.3) is 10.2 Å². The van der Waals surface area contributed by atoms with Gasteiger partial charge in [0, 0.05) is 5.02 Å². The van der Waals surface area contributed by atoms with E-state index in [0.29, 0.717) is 15.7 Å². The van der Waals surface area contributed by atoms with E-state index < -0.39 is 21.5 Å². The number of carbonyl (C=O) groups excluding carboxylic acids is 1. The third-order valence-corrected chi connectivity index (χ3v) is 5.82. The predicted molar refractivity (Wildman–Crippen MR) is 91.8 cm³/mol. The molecule has 0 atom stereocenters. The highest BCUT2D eigenvalue weighted by molar-refractivity contribution is 7.92. The fourth-order valence-corrected chi connectivity index (χ4v) is 4.30. The number of hydrogen-bond donors (Lipinski definition) is 1. The summed E-state index contributed by atoms with van der Waals surface area (Å²) >= 11 is 7.14. The summed E-state index contributed by atoms with van der Waals surface area (Å²) in [5.41, 5.74) is 0.695. The van der Waals surface area contributed by atoms with Gasteiger partial charge in [-0.1, -0.05) is 41.1 Å². The molecule has 1 aromatic heterocycles. The zero-order chi connectivity index (χ0) is 16.4. The van der Waals surface area contributed by atoms with Crippen molar-refractivity contribution in [3.05, 3.63) is 53.6 Å². The SMILES string of the molecule is O=C(CS(=O)(=O)c1ccccc1)Nc1nc2ccc(Cl)cc2s1. The minimum Gasteiger partial charge on any atom is -0.301 e. The molecule has 0 saturated heterocycles. The number of nitrogens with one attached hydrogen (secondary N) is 1. The quantitative estimate of drug-likeness (QED) is 0.768. The lowest BCUT2D eigenvalue weighted by atomic mass is 10.3. The summed E-state index contributed by atoms with van der Waals surface area (Å²) in [4.78, 5) is 16.3. The second-order valence-electron chi connectivity index (χ2n) is 4.75. The zero-order valence-electron chi connectivity index (χ0n) is 11.7. The van der Waals surface area contributed by atoms with E-state index in [4.69, 9.17) is 11.6 Å². The normalized spacial score (nSPS) is 11.5. The highest BCUT2D eigenvalue weighted by Gasteiger charge is 2.20. The van der Waals surface area contributed by atoms with E-state index in [-0.39, 0.29) is 4.90 Å². The van der Waals surface area contributed by atoms with Crippen LogP contribution in [-0.2, 0) is 14.6 Å². The topological polar surface area (TPSA) is 76.1 Å². The first-order valence-electron chi connectivity index (χ1n) is 6.58. The van der Waals surface area contributed by atoms with Gasteiger partial charge in [0.2, 0.25) is 5.91 Å². The largest absolute Gasteiger partial charge is 0.301 e. The Balaban J connectivity index is 1.76. The summed E-state index contributed by atoms with van der Waals surface area (Å²) < 4.78 is 25.1. The fourth-order valence-electron chi connectivity index (χ4n) is 1.99. The van der Waals surface area contributed by atoms with Crippen LogP contribution in [0.15, 0.2) is 53.4 Å². The number of nitrogens with zero attached hydrogens (tertiary/aromatic N) is 1. The molecular weight excluding hydrogens is 356 g/mol. The smallest absolute Gasteiger partial charge is 0.241 e. The molecule has 118 valence electrons. The molecule has 0 fully saturated rings. The van der Waals surface area contributed by atoms with E-state index in [0.717, 1.165) is 4.70 Å². The molecule has 0 radical (unpaired) electrons. The van der Waals surface area contributed by atoms with Crippen molar-refractivity contribution in [3.8, 4) is 0 Å². The summed E-state index contributed by atoms with van der Waals surface area (Å²) in [6.07, 6.45) is 0. The van der Waals surface area contributed by atoms with E-state index in [9.17, 15) is 13.2 Å². The third-order valence-electron chi connectivity index (χ3n) is 3.02. The molecule has 3 rings (SSSR count). The summed E-state index contributed by atoms with van der Waals surface area (Å²) in [5.74, 6) is -1.26. The highest BCUT2D eigenvalue weighted by atomic mass is 35.5. The van der Waals surface area contributed by atoms with Crippen LogP contribution in [0.4, 0.5) is 5.13 Å². The van der Waals surface area contributed by atoms with Crippen molar-refractivity contribution in [1.82, 2.24) is 4.98 Å². The monoisotopic (exact) mass is 366 g/mol. The number of anilines is 1. The van der Waals surface area contributed by atoms with Gasteiger partial charge in [0.1, 0.15) is 5.75 Å². The number of sulfone groups is 1. The Bertz CT molecular complexity index is 969. The van der Waals surface area contributed by atoms with Crippen molar-refractivity contribution in [1.29, 1.82) is 0 Å². The average Bonchev–Trinajstić information content (AvgIpc) is 2.88. The van der Waals surface area contributed by atoms with Gasteiger partial charge in [0.05, 0.1) is 15.1 Å². The van der Waals surface area contributed by atoms with Crippen molar-refractivity contribution in [3.63, 3.8) is 0 Å². The summed E-state index contributed by atoms with van der Waals surface area (Å²) in [6.45, 7) is 0. The number of fused-ring (bicyclic) bond motifs is 1. The molecule has 0 aliphatic rings. The number of thiazole rings is 1. The maximum absolute atomic E-state index is 12.2. The van der Waals surface area contributed by atoms with Gasteiger partial charge in [0.15, 0.2) is 15.0 Å². The van der Waals surface area contributed by atoms with Gasteiger partial charge < -0.3 is 5.32 Å². The molecule has 0 bridgehead atoms. The molecule has 0 unspecified atom stereocenters. The Morgan fingerprint density at radius 3 is 2.65 bits per heavy atom. The van der Waals surface area contributed by atoms with Crippen LogP contribution < -0.4 is 5.32 Å².